The number of nitrogens with zero attached hydrogens (tertiary/aromatic N) is 1. The molecule has 0 atom stereocenters. The average molecular weight is 275 g/mol. The Labute approximate surface area is 115 Å². The number of esters is 1. The van der Waals surface area contributed by atoms with Gasteiger partial charge in [0.05, 0.1) is 12.7 Å². The maximum absolute atomic E-state index is 11.9. The van der Waals surface area contributed by atoms with E-state index in [9.17, 15) is 9.59 Å². The van der Waals surface area contributed by atoms with Crippen molar-refractivity contribution < 1.29 is 14.3 Å². The molecule has 1 amide bonds. The third-order valence-electron chi connectivity index (χ3n) is 2.58. The van der Waals surface area contributed by atoms with Crippen molar-refractivity contribution in [2.75, 3.05) is 12.0 Å². The number of hydrogen-bond acceptors (Lipinski definition) is 4. The van der Waals surface area contributed by atoms with Crippen molar-refractivity contribution >= 4 is 33.9 Å². The summed E-state index contributed by atoms with van der Waals surface area (Å²) in [6, 6.07) is 10.9. The van der Waals surface area contributed by atoms with Crippen molar-refractivity contribution in [3.8, 4) is 0 Å². The molecule has 4 nitrogen and oxygen atoms in total. The van der Waals surface area contributed by atoms with Gasteiger partial charge in [-0.1, -0.05) is 18.2 Å². The van der Waals surface area contributed by atoms with Gasteiger partial charge in [-0.05, 0) is 23.6 Å². The summed E-state index contributed by atoms with van der Waals surface area (Å²) in [5, 5.41) is 2.34. The van der Waals surface area contributed by atoms with Crippen LogP contribution in [0.25, 0.3) is 0 Å². The smallest absolute Gasteiger partial charge is 0.340 e. The molecular weight excluding hydrogens is 262 g/mol. The number of para-hydroxylation sites is 1. The molecule has 0 saturated heterocycles. The lowest BCUT2D eigenvalue weighted by molar-refractivity contribution is -0.115. The molecule has 0 fully saturated rings. The number of carbonyl (C=O) groups excluding carboxylic acids is 2. The fourth-order valence-electron chi connectivity index (χ4n) is 1.76. The predicted molar refractivity (Wildman–Crippen MR) is 74.9 cm³/mol. The Morgan fingerprint density at radius 3 is 2.42 bits per heavy atom. The molecule has 5 heteroatoms. The van der Waals surface area contributed by atoms with Crippen molar-refractivity contribution in [2.45, 2.75) is 6.92 Å². The minimum atomic E-state index is -0.446. The van der Waals surface area contributed by atoms with E-state index in [0.29, 0.717) is 10.6 Å². The number of anilines is 2. The first-order valence-electron chi connectivity index (χ1n) is 5.66. The number of benzene rings is 1. The maximum atomic E-state index is 11.9. The molecule has 1 aromatic carbocycles. The third-order valence-corrected chi connectivity index (χ3v) is 3.48. The predicted octanol–water partition coefficient (Wildman–Crippen LogP) is 3.22. The van der Waals surface area contributed by atoms with Crippen molar-refractivity contribution in [1.29, 1.82) is 0 Å². The quantitative estimate of drug-likeness (QED) is 0.808. The standard InChI is InChI=1S/C14H13NO3S/c1-10(16)15(11-6-4-3-5-7-11)13-12(8-9-19-13)14(17)18-2/h3-9H,1-2H3. The number of hydrogen-bond donors (Lipinski definition) is 0. The first-order valence-corrected chi connectivity index (χ1v) is 6.54. The molecule has 1 heterocycles. The first kappa shape index (κ1) is 13.3. The minimum absolute atomic E-state index is 0.154. The van der Waals surface area contributed by atoms with E-state index in [1.54, 1.807) is 11.4 Å². The Morgan fingerprint density at radius 2 is 1.84 bits per heavy atom. The van der Waals surface area contributed by atoms with E-state index in [2.05, 4.69) is 0 Å². The highest BCUT2D eigenvalue weighted by atomic mass is 32.1. The Morgan fingerprint density at radius 1 is 1.16 bits per heavy atom. The van der Waals surface area contributed by atoms with E-state index in [1.807, 2.05) is 30.3 Å². The van der Waals surface area contributed by atoms with E-state index in [1.165, 1.54) is 30.3 Å². The molecular formula is C14H13NO3S. The van der Waals surface area contributed by atoms with Gasteiger partial charge in [-0.2, -0.15) is 0 Å². The molecule has 0 bridgehead atoms. The number of methoxy groups -OCH3 is 1. The van der Waals surface area contributed by atoms with Crippen molar-refractivity contribution in [3.05, 3.63) is 47.3 Å². The first-order chi connectivity index (χ1) is 9.15. The van der Waals surface area contributed by atoms with Crippen LogP contribution >= 0.6 is 11.3 Å². The van der Waals surface area contributed by atoms with Gasteiger partial charge in [-0.25, -0.2) is 4.79 Å². The number of thiophene rings is 1. The highest BCUT2D eigenvalue weighted by Gasteiger charge is 2.22. The summed E-state index contributed by atoms with van der Waals surface area (Å²) >= 11 is 1.33. The van der Waals surface area contributed by atoms with Gasteiger partial charge in [-0.3, -0.25) is 9.69 Å². The second kappa shape index (κ2) is 5.67. The zero-order chi connectivity index (χ0) is 13.8. The van der Waals surface area contributed by atoms with Crippen LogP contribution in [0.2, 0.25) is 0 Å². The largest absolute Gasteiger partial charge is 0.465 e. The minimum Gasteiger partial charge on any atom is -0.465 e. The van der Waals surface area contributed by atoms with Gasteiger partial charge in [0, 0.05) is 12.6 Å². The number of ether oxygens (including phenoxy) is 1. The molecule has 0 N–H and O–H groups in total. The highest BCUT2D eigenvalue weighted by molar-refractivity contribution is 7.15. The summed E-state index contributed by atoms with van der Waals surface area (Å²) in [7, 11) is 1.32. The van der Waals surface area contributed by atoms with Crippen LogP contribution in [-0.4, -0.2) is 19.0 Å². The van der Waals surface area contributed by atoms with E-state index < -0.39 is 5.97 Å². The molecule has 1 aromatic heterocycles. The van der Waals surface area contributed by atoms with Gasteiger partial charge < -0.3 is 4.74 Å². The highest BCUT2D eigenvalue weighted by Crippen LogP contribution is 2.34. The van der Waals surface area contributed by atoms with Crippen LogP contribution in [0.4, 0.5) is 10.7 Å². The lowest BCUT2D eigenvalue weighted by atomic mass is 10.2. The summed E-state index contributed by atoms with van der Waals surface area (Å²) < 4.78 is 4.73. The SMILES string of the molecule is COC(=O)c1ccsc1N(C(C)=O)c1ccccc1. The summed E-state index contributed by atoms with van der Waals surface area (Å²) in [5.41, 5.74) is 1.12. The molecule has 0 aliphatic carbocycles. The summed E-state index contributed by atoms with van der Waals surface area (Å²) in [6.07, 6.45) is 0. The molecule has 19 heavy (non-hydrogen) atoms. The second-order valence-electron chi connectivity index (χ2n) is 3.82. The molecule has 0 aliphatic heterocycles. The molecule has 2 aromatic rings. The van der Waals surface area contributed by atoms with E-state index >= 15 is 0 Å². The molecule has 0 radical (unpaired) electrons. The molecule has 0 unspecified atom stereocenters. The zero-order valence-electron chi connectivity index (χ0n) is 10.6. The van der Waals surface area contributed by atoms with Crippen molar-refractivity contribution in [3.63, 3.8) is 0 Å². The van der Waals surface area contributed by atoms with E-state index in [-0.39, 0.29) is 5.91 Å². The lowest BCUT2D eigenvalue weighted by Gasteiger charge is -2.20. The number of amides is 1. The molecule has 0 spiro atoms. The van der Waals surface area contributed by atoms with Gasteiger partial charge in [-0.15, -0.1) is 11.3 Å². The van der Waals surface area contributed by atoms with Crippen LogP contribution in [-0.2, 0) is 9.53 Å². The van der Waals surface area contributed by atoms with E-state index in [0.717, 1.165) is 5.69 Å². The Hall–Kier alpha value is -2.14. The fraction of sp³-hybridized carbons (Fsp3) is 0.143. The van der Waals surface area contributed by atoms with Crippen LogP contribution in [0.15, 0.2) is 41.8 Å². The summed E-state index contributed by atoms with van der Waals surface area (Å²) in [4.78, 5) is 25.1. The maximum Gasteiger partial charge on any atom is 0.340 e. The van der Waals surface area contributed by atoms with Crippen LogP contribution in [0, 0.1) is 0 Å². The van der Waals surface area contributed by atoms with Gasteiger partial charge in [0.2, 0.25) is 5.91 Å². The Kier molecular flexibility index (Phi) is 3.97. The topological polar surface area (TPSA) is 46.6 Å². The summed E-state index contributed by atoms with van der Waals surface area (Å²) in [6.45, 7) is 1.47. The number of carbonyl (C=O) groups is 2. The molecule has 2 rings (SSSR count). The fourth-order valence-corrected chi connectivity index (χ4v) is 2.71. The summed E-state index contributed by atoms with van der Waals surface area (Å²) in [5.74, 6) is -0.600. The van der Waals surface area contributed by atoms with Crippen molar-refractivity contribution in [1.82, 2.24) is 0 Å². The molecule has 98 valence electrons. The van der Waals surface area contributed by atoms with Crippen LogP contribution < -0.4 is 4.90 Å². The normalized spacial score (nSPS) is 10.0. The van der Waals surface area contributed by atoms with Gasteiger partial charge in [0.25, 0.3) is 0 Å². The molecule has 0 saturated carbocycles. The second-order valence-corrected chi connectivity index (χ2v) is 4.72. The zero-order valence-corrected chi connectivity index (χ0v) is 11.4. The lowest BCUT2D eigenvalue weighted by Crippen LogP contribution is -2.23. The van der Waals surface area contributed by atoms with E-state index in [4.69, 9.17) is 4.74 Å². The van der Waals surface area contributed by atoms with Gasteiger partial charge in [0.1, 0.15) is 5.00 Å². The van der Waals surface area contributed by atoms with Crippen molar-refractivity contribution in [2.24, 2.45) is 0 Å². The van der Waals surface area contributed by atoms with Crippen LogP contribution in [0.3, 0.4) is 0 Å². The van der Waals surface area contributed by atoms with Crippen LogP contribution in [0.5, 0.6) is 0 Å². The molecule has 0 aliphatic rings. The average Bonchev–Trinajstić information content (AvgIpc) is 2.88. The third kappa shape index (κ3) is 2.66. The Bertz CT molecular complexity index is 592. The number of rotatable bonds is 3. The monoisotopic (exact) mass is 275 g/mol. The Balaban J connectivity index is 2.50. The van der Waals surface area contributed by atoms with Gasteiger partial charge >= 0.3 is 5.97 Å². The van der Waals surface area contributed by atoms with Crippen LogP contribution in [0.1, 0.15) is 17.3 Å². The van der Waals surface area contributed by atoms with Gasteiger partial charge in [0.15, 0.2) is 0 Å².